The van der Waals surface area contributed by atoms with Crippen molar-refractivity contribution in [2.75, 3.05) is 14.2 Å². The first-order chi connectivity index (χ1) is 14.6. The highest BCUT2D eigenvalue weighted by Crippen LogP contribution is 2.33. The van der Waals surface area contributed by atoms with Crippen molar-refractivity contribution in [3.05, 3.63) is 77.6 Å². The van der Waals surface area contributed by atoms with E-state index in [2.05, 4.69) is 21.8 Å². The minimum absolute atomic E-state index is 0.207. The number of carboxylic acids is 1. The molecule has 0 atom stereocenters. The van der Waals surface area contributed by atoms with Gasteiger partial charge >= 0.3 is 5.97 Å². The number of nitrogens with one attached hydrogen (secondary N) is 1. The summed E-state index contributed by atoms with van der Waals surface area (Å²) in [5, 5.41) is 10.0. The van der Waals surface area contributed by atoms with Crippen LogP contribution in [0.5, 0.6) is 11.5 Å². The molecule has 2 aromatic carbocycles. The predicted molar refractivity (Wildman–Crippen MR) is 114 cm³/mol. The van der Waals surface area contributed by atoms with Gasteiger partial charge in [0, 0.05) is 28.9 Å². The SMILES string of the molecule is COc1ccc(-c2cnc3[nH]cc(C#Cc4cccc(C(=O)O)c4)c3c2)cc1OC. The van der Waals surface area contributed by atoms with Crippen molar-refractivity contribution >= 4 is 17.0 Å². The van der Waals surface area contributed by atoms with E-state index in [1.165, 1.54) is 0 Å². The molecule has 2 N–H and O–H groups in total. The van der Waals surface area contributed by atoms with Crippen LogP contribution in [0.2, 0.25) is 0 Å². The fraction of sp³-hybridized carbons (Fsp3) is 0.0833. The molecule has 0 saturated heterocycles. The van der Waals surface area contributed by atoms with Crippen LogP contribution in [0.1, 0.15) is 21.5 Å². The van der Waals surface area contributed by atoms with E-state index >= 15 is 0 Å². The van der Waals surface area contributed by atoms with Gasteiger partial charge in [0.25, 0.3) is 0 Å². The normalized spacial score (nSPS) is 10.3. The number of aromatic amines is 1. The fourth-order valence-electron chi connectivity index (χ4n) is 3.15. The van der Waals surface area contributed by atoms with Crippen LogP contribution in [-0.2, 0) is 0 Å². The molecule has 0 aliphatic rings. The molecule has 4 aromatic rings. The lowest BCUT2D eigenvalue weighted by molar-refractivity contribution is 0.0697. The third kappa shape index (κ3) is 3.69. The maximum atomic E-state index is 11.1. The number of carbonyl (C=O) groups is 1. The largest absolute Gasteiger partial charge is 0.493 e. The van der Waals surface area contributed by atoms with Gasteiger partial charge < -0.3 is 19.6 Å². The average molecular weight is 398 g/mol. The third-order valence-electron chi connectivity index (χ3n) is 4.70. The number of nitrogens with zero attached hydrogens (tertiary/aromatic N) is 1. The summed E-state index contributed by atoms with van der Waals surface area (Å²) in [7, 11) is 3.20. The predicted octanol–water partition coefficient (Wildman–Crippen LogP) is 4.35. The quantitative estimate of drug-likeness (QED) is 0.500. The maximum absolute atomic E-state index is 11.1. The van der Waals surface area contributed by atoms with Gasteiger partial charge in [0.1, 0.15) is 5.65 Å². The Morgan fingerprint density at radius 1 is 1.00 bits per heavy atom. The van der Waals surface area contributed by atoms with E-state index in [1.807, 2.05) is 24.3 Å². The molecule has 0 bridgehead atoms. The van der Waals surface area contributed by atoms with E-state index in [-0.39, 0.29) is 5.56 Å². The van der Waals surface area contributed by atoms with Gasteiger partial charge in [0.2, 0.25) is 0 Å². The Hall–Kier alpha value is -4.24. The van der Waals surface area contributed by atoms with Gasteiger partial charge in [-0.2, -0.15) is 0 Å². The highest BCUT2D eigenvalue weighted by Gasteiger charge is 2.09. The van der Waals surface area contributed by atoms with Crippen molar-refractivity contribution in [3.63, 3.8) is 0 Å². The Balaban J connectivity index is 1.73. The van der Waals surface area contributed by atoms with Crippen LogP contribution >= 0.6 is 0 Å². The molecule has 148 valence electrons. The molecule has 6 heteroatoms. The molecule has 0 spiro atoms. The molecule has 4 rings (SSSR count). The smallest absolute Gasteiger partial charge is 0.335 e. The zero-order chi connectivity index (χ0) is 21.1. The van der Waals surface area contributed by atoms with Crippen molar-refractivity contribution in [1.29, 1.82) is 0 Å². The molecular weight excluding hydrogens is 380 g/mol. The summed E-state index contributed by atoms with van der Waals surface area (Å²) in [5.74, 6) is 6.46. The second-order valence-electron chi connectivity index (χ2n) is 6.53. The summed E-state index contributed by atoms with van der Waals surface area (Å²) in [6.07, 6.45) is 3.58. The Bertz CT molecular complexity index is 1310. The first kappa shape index (κ1) is 19.1. The van der Waals surface area contributed by atoms with Crippen LogP contribution in [0.15, 0.2) is 60.9 Å². The molecule has 0 amide bonds. The number of pyridine rings is 1. The standard InChI is InChI=1S/C24H18N2O4/c1-29-21-9-8-16(12-22(21)30-2)19-11-20-18(13-25-23(20)26-14-19)7-6-15-4-3-5-17(10-15)24(27)28/h3-5,8-14H,1-2H3,(H,25,26)(H,27,28). The van der Waals surface area contributed by atoms with E-state index in [0.29, 0.717) is 17.1 Å². The van der Waals surface area contributed by atoms with Crippen LogP contribution in [0, 0.1) is 11.8 Å². The molecule has 0 radical (unpaired) electrons. The Morgan fingerprint density at radius 2 is 1.83 bits per heavy atom. The number of rotatable bonds is 4. The van der Waals surface area contributed by atoms with E-state index in [4.69, 9.17) is 14.6 Å². The van der Waals surface area contributed by atoms with Crippen molar-refractivity contribution in [2.24, 2.45) is 0 Å². The molecule has 0 aliphatic carbocycles. The minimum Gasteiger partial charge on any atom is -0.493 e. The molecule has 0 saturated carbocycles. The van der Waals surface area contributed by atoms with Crippen molar-refractivity contribution in [2.45, 2.75) is 0 Å². The molecule has 6 nitrogen and oxygen atoms in total. The number of aromatic carboxylic acids is 1. The van der Waals surface area contributed by atoms with Crippen LogP contribution in [-0.4, -0.2) is 35.3 Å². The van der Waals surface area contributed by atoms with E-state index in [1.54, 1.807) is 50.9 Å². The minimum atomic E-state index is -0.977. The number of methoxy groups -OCH3 is 2. The Labute approximate surface area is 173 Å². The topological polar surface area (TPSA) is 84.4 Å². The highest BCUT2D eigenvalue weighted by atomic mass is 16.5. The number of ether oxygens (including phenoxy) is 2. The van der Waals surface area contributed by atoms with Gasteiger partial charge in [-0.05, 0) is 42.0 Å². The van der Waals surface area contributed by atoms with E-state index in [0.717, 1.165) is 27.7 Å². The number of fused-ring (bicyclic) bond motifs is 1. The Kier molecular flexibility index (Phi) is 5.10. The zero-order valence-corrected chi connectivity index (χ0v) is 16.4. The maximum Gasteiger partial charge on any atom is 0.335 e. The van der Waals surface area contributed by atoms with Crippen LogP contribution in [0.4, 0.5) is 0 Å². The van der Waals surface area contributed by atoms with Gasteiger partial charge in [-0.3, -0.25) is 0 Å². The second kappa shape index (κ2) is 8.02. The number of benzene rings is 2. The first-order valence-corrected chi connectivity index (χ1v) is 9.14. The van der Waals surface area contributed by atoms with Crippen molar-refractivity contribution < 1.29 is 19.4 Å². The number of H-pyrrole nitrogens is 1. The van der Waals surface area contributed by atoms with Crippen molar-refractivity contribution in [1.82, 2.24) is 9.97 Å². The summed E-state index contributed by atoms with van der Waals surface area (Å²) >= 11 is 0. The number of carboxylic acid groups (broad SMARTS) is 1. The summed E-state index contributed by atoms with van der Waals surface area (Å²) in [5.41, 5.74) is 4.20. The number of hydrogen-bond donors (Lipinski definition) is 2. The average Bonchev–Trinajstić information content (AvgIpc) is 3.19. The van der Waals surface area contributed by atoms with Crippen molar-refractivity contribution in [3.8, 4) is 34.5 Å². The summed E-state index contributed by atoms with van der Waals surface area (Å²) in [6, 6.07) is 14.3. The lowest BCUT2D eigenvalue weighted by Crippen LogP contribution is -1.95. The first-order valence-electron chi connectivity index (χ1n) is 9.14. The molecular formula is C24H18N2O4. The molecule has 2 heterocycles. The van der Waals surface area contributed by atoms with E-state index in [9.17, 15) is 4.79 Å². The zero-order valence-electron chi connectivity index (χ0n) is 16.4. The lowest BCUT2D eigenvalue weighted by atomic mass is 10.0. The fourth-order valence-corrected chi connectivity index (χ4v) is 3.15. The van der Waals surface area contributed by atoms with Gasteiger partial charge in [0.05, 0.1) is 25.3 Å². The second-order valence-corrected chi connectivity index (χ2v) is 6.53. The molecule has 0 unspecified atom stereocenters. The highest BCUT2D eigenvalue weighted by molar-refractivity contribution is 5.89. The van der Waals surface area contributed by atoms with Gasteiger partial charge in [-0.15, -0.1) is 0 Å². The molecule has 0 aliphatic heterocycles. The van der Waals surface area contributed by atoms with Crippen LogP contribution in [0.3, 0.4) is 0 Å². The van der Waals surface area contributed by atoms with E-state index < -0.39 is 5.97 Å². The summed E-state index contributed by atoms with van der Waals surface area (Å²) in [4.78, 5) is 18.8. The molecule has 0 fully saturated rings. The van der Waals surface area contributed by atoms with Crippen LogP contribution in [0.25, 0.3) is 22.2 Å². The molecule has 2 aromatic heterocycles. The van der Waals surface area contributed by atoms with Crippen LogP contribution < -0.4 is 9.47 Å². The number of hydrogen-bond acceptors (Lipinski definition) is 4. The number of aromatic nitrogens is 2. The van der Waals surface area contributed by atoms with Gasteiger partial charge in [-0.25, -0.2) is 9.78 Å². The summed E-state index contributed by atoms with van der Waals surface area (Å²) in [6.45, 7) is 0. The van der Waals surface area contributed by atoms with Gasteiger partial charge in [0.15, 0.2) is 11.5 Å². The third-order valence-corrected chi connectivity index (χ3v) is 4.70. The summed E-state index contributed by atoms with van der Waals surface area (Å²) < 4.78 is 10.7. The van der Waals surface area contributed by atoms with Gasteiger partial charge in [-0.1, -0.05) is 24.0 Å². The molecule has 30 heavy (non-hydrogen) atoms. The Morgan fingerprint density at radius 3 is 2.60 bits per heavy atom. The lowest BCUT2D eigenvalue weighted by Gasteiger charge is -2.09. The monoisotopic (exact) mass is 398 g/mol.